The van der Waals surface area contributed by atoms with Crippen LogP contribution in [0, 0.1) is 0 Å². The summed E-state index contributed by atoms with van der Waals surface area (Å²) in [7, 11) is 3.68. The van der Waals surface area contributed by atoms with Crippen LogP contribution in [-0.2, 0) is 4.74 Å². The fourth-order valence-electron chi connectivity index (χ4n) is 1.60. The van der Waals surface area contributed by atoms with E-state index in [1.807, 2.05) is 25.9 Å². The minimum absolute atomic E-state index is 0. The molecule has 1 fully saturated rings. The Balaban J connectivity index is -0.000000180. The number of likely N-dealkylation sites (N-methyl/N-ethyl adjacent to an activating group) is 1. The van der Waals surface area contributed by atoms with E-state index in [1.165, 1.54) is 0 Å². The van der Waals surface area contributed by atoms with Crippen molar-refractivity contribution in [3.05, 3.63) is 0 Å². The van der Waals surface area contributed by atoms with Crippen molar-refractivity contribution in [2.45, 2.75) is 31.3 Å². The molecule has 0 aliphatic carbocycles. The summed E-state index contributed by atoms with van der Waals surface area (Å²) in [5.41, 5.74) is 0. The number of hydrogen-bond donors (Lipinski definition) is 2. The second-order valence-electron chi connectivity index (χ2n) is 3.55. The maximum absolute atomic E-state index is 9.65. The molecular formula is C8H19NNa2O3. The van der Waals surface area contributed by atoms with Crippen LogP contribution >= 0.6 is 0 Å². The van der Waals surface area contributed by atoms with Crippen molar-refractivity contribution in [2.75, 3.05) is 20.7 Å². The summed E-state index contributed by atoms with van der Waals surface area (Å²) in [4.78, 5) is 1.83. The van der Waals surface area contributed by atoms with Gasteiger partial charge in [-0.1, -0.05) is 0 Å². The van der Waals surface area contributed by atoms with E-state index in [4.69, 9.17) is 4.74 Å². The van der Waals surface area contributed by atoms with E-state index < -0.39 is 12.2 Å². The number of hydrogen-bond acceptors (Lipinski definition) is 4. The Morgan fingerprint density at radius 3 is 2.14 bits per heavy atom. The summed E-state index contributed by atoms with van der Waals surface area (Å²) in [6.45, 7) is 2.12. The van der Waals surface area contributed by atoms with Crippen LogP contribution in [0.15, 0.2) is 0 Å². The molecule has 2 N–H and O–H groups in total. The van der Waals surface area contributed by atoms with Crippen LogP contribution in [0.1, 0.15) is 9.78 Å². The van der Waals surface area contributed by atoms with Crippen molar-refractivity contribution < 1.29 is 76.9 Å². The molecule has 0 bridgehead atoms. The van der Waals surface area contributed by atoms with Crippen molar-refractivity contribution in [3.63, 3.8) is 0 Å². The molecule has 1 heterocycles. The van der Waals surface area contributed by atoms with Gasteiger partial charge in [-0.05, 0) is 21.0 Å². The van der Waals surface area contributed by atoms with Crippen molar-refractivity contribution in [3.8, 4) is 0 Å². The molecule has 4 nitrogen and oxygen atoms in total. The van der Waals surface area contributed by atoms with E-state index in [0.717, 1.165) is 0 Å². The van der Waals surface area contributed by atoms with Gasteiger partial charge in [0.25, 0.3) is 0 Å². The zero-order chi connectivity index (χ0) is 9.30. The monoisotopic (exact) mass is 223 g/mol. The van der Waals surface area contributed by atoms with Crippen LogP contribution in [-0.4, -0.2) is 60.2 Å². The Kier molecular flexibility index (Phi) is 10.4. The number of aliphatic hydroxyl groups is 2. The molecule has 0 unspecified atom stereocenters. The van der Waals surface area contributed by atoms with E-state index in [-0.39, 0.29) is 74.1 Å². The molecule has 1 aliphatic heterocycles. The molecule has 14 heavy (non-hydrogen) atoms. The van der Waals surface area contributed by atoms with Gasteiger partial charge in [0.1, 0.15) is 0 Å². The van der Waals surface area contributed by atoms with Crippen molar-refractivity contribution in [2.24, 2.45) is 0 Å². The van der Waals surface area contributed by atoms with E-state index in [9.17, 15) is 10.2 Å². The van der Waals surface area contributed by atoms with Crippen LogP contribution in [0.3, 0.4) is 0 Å². The molecule has 1 aliphatic rings. The summed E-state index contributed by atoms with van der Waals surface area (Å²) in [6, 6.07) is -0.214. The van der Waals surface area contributed by atoms with Crippen LogP contribution < -0.4 is 59.1 Å². The molecule has 4 atom stereocenters. The van der Waals surface area contributed by atoms with Crippen LogP contribution in [0.4, 0.5) is 0 Å². The Morgan fingerprint density at radius 1 is 1.29 bits per heavy atom. The molecule has 0 spiro atoms. The van der Waals surface area contributed by atoms with Crippen LogP contribution in [0.2, 0.25) is 0 Å². The first-order chi connectivity index (χ1) is 5.54. The summed E-state index contributed by atoms with van der Waals surface area (Å²) < 4.78 is 5.16. The van der Waals surface area contributed by atoms with Gasteiger partial charge < -0.3 is 22.7 Å². The Bertz CT molecular complexity index is 168. The third-order valence-corrected chi connectivity index (χ3v) is 2.35. The van der Waals surface area contributed by atoms with Crippen molar-refractivity contribution >= 4 is 0 Å². The maximum Gasteiger partial charge on any atom is 1.00 e. The van der Waals surface area contributed by atoms with Gasteiger partial charge in [0.05, 0.1) is 31.0 Å². The van der Waals surface area contributed by atoms with E-state index in [1.54, 1.807) is 0 Å². The second kappa shape index (κ2) is 8.01. The molecule has 0 aromatic rings. The van der Waals surface area contributed by atoms with E-state index in [2.05, 4.69) is 0 Å². The predicted octanol–water partition coefficient (Wildman–Crippen LogP) is -6.71. The first kappa shape index (κ1) is 18.2. The van der Waals surface area contributed by atoms with Gasteiger partial charge in [-0.3, -0.25) is 0 Å². The zero-order valence-electron chi connectivity index (χ0n) is 11.8. The van der Waals surface area contributed by atoms with Gasteiger partial charge in [0.2, 0.25) is 0 Å². The average Bonchev–Trinajstić information content (AvgIpc) is 1.97. The van der Waals surface area contributed by atoms with Gasteiger partial charge in [-0.2, -0.15) is 0 Å². The molecule has 0 amide bonds. The molecule has 0 radical (unpaired) electrons. The van der Waals surface area contributed by atoms with Gasteiger partial charge in [-0.15, -0.1) is 0 Å². The van der Waals surface area contributed by atoms with Crippen LogP contribution in [0.25, 0.3) is 0 Å². The largest absolute Gasteiger partial charge is 1.00 e. The Morgan fingerprint density at radius 2 is 1.79 bits per heavy atom. The maximum atomic E-state index is 9.65. The van der Waals surface area contributed by atoms with Gasteiger partial charge in [0.15, 0.2) is 0 Å². The molecule has 1 saturated heterocycles. The summed E-state index contributed by atoms with van der Waals surface area (Å²) >= 11 is 0. The quantitative estimate of drug-likeness (QED) is 0.434. The van der Waals surface area contributed by atoms with Crippen molar-refractivity contribution in [1.82, 2.24) is 4.90 Å². The molecule has 1 rings (SSSR count). The first-order valence-corrected chi connectivity index (χ1v) is 4.18. The molecule has 0 aromatic heterocycles. The summed E-state index contributed by atoms with van der Waals surface area (Å²) in [5.74, 6) is 0. The number of nitrogens with zero attached hydrogens (tertiary/aromatic N) is 1. The third-order valence-electron chi connectivity index (χ3n) is 2.35. The Labute approximate surface area is 133 Å². The average molecular weight is 223 g/mol. The zero-order valence-corrected chi connectivity index (χ0v) is 13.8. The fourth-order valence-corrected chi connectivity index (χ4v) is 1.60. The van der Waals surface area contributed by atoms with Gasteiger partial charge >= 0.3 is 59.1 Å². The minimum Gasteiger partial charge on any atom is -1.00 e. The fraction of sp³-hybridized carbons (Fsp3) is 1.00. The van der Waals surface area contributed by atoms with E-state index in [0.29, 0.717) is 6.61 Å². The number of aliphatic hydroxyl groups excluding tert-OH is 2. The standard InChI is InChI=1S/C8H17NO3.2Na.2H/c1-5-8(11)7(9(2)3)6(10)4-12-5;;;;/h5-8,10-11H,4H2,1-3H3;;;;/q;2*+1;2*-1/t5-,6+,7+,8-;;;;/m1..../s1. The molecular weight excluding hydrogens is 204 g/mol. The topological polar surface area (TPSA) is 52.9 Å². The minimum atomic E-state index is -0.608. The number of ether oxygens (including phenoxy) is 1. The Hall–Kier alpha value is 1.84. The molecule has 0 saturated carbocycles. The van der Waals surface area contributed by atoms with E-state index >= 15 is 0 Å². The molecule has 6 heteroatoms. The first-order valence-electron chi connectivity index (χ1n) is 4.18. The van der Waals surface area contributed by atoms with Gasteiger partial charge in [-0.25, -0.2) is 0 Å². The SMILES string of the molecule is C[C@H]1OC[C@H](O)[C@H](N(C)C)[C@@H]1O.[H-].[H-].[Na+].[Na+]. The normalized spacial score (nSPS) is 37.3. The second-order valence-corrected chi connectivity index (χ2v) is 3.55. The number of rotatable bonds is 1. The molecule has 76 valence electrons. The summed E-state index contributed by atoms with van der Waals surface area (Å²) in [5, 5.41) is 19.2. The summed E-state index contributed by atoms with van der Waals surface area (Å²) in [6.07, 6.45) is -1.39. The van der Waals surface area contributed by atoms with Gasteiger partial charge in [0, 0.05) is 0 Å². The van der Waals surface area contributed by atoms with Crippen molar-refractivity contribution in [1.29, 1.82) is 0 Å². The van der Waals surface area contributed by atoms with Crippen LogP contribution in [0.5, 0.6) is 0 Å². The third kappa shape index (κ3) is 4.37. The molecule has 0 aromatic carbocycles. The smallest absolute Gasteiger partial charge is 1.00 e. The predicted molar refractivity (Wildman–Crippen MR) is 47.1 cm³/mol.